The van der Waals surface area contributed by atoms with Crippen LogP contribution in [0.5, 0.6) is 0 Å². The Kier molecular flexibility index (Phi) is 6.38. The van der Waals surface area contributed by atoms with Gasteiger partial charge in [0.25, 0.3) is 0 Å². The average molecular weight is 309 g/mol. The van der Waals surface area contributed by atoms with E-state index < -0.39 is 0 Å². The molecule has 118 valence electrons. The van der Waals surface area contributed by atoms with Gasteiger partial charge in [-0.25, -0.2) is 0 Å². The van der Waals surface area contributed by atoms with E-state index in [0.29, 0.717) is 0 Å². The van der Waals surface area contributed by atoms with Gasteiger partial charge in [-0.1, -0.05) is 37.4 Å². The first kappa shape index (κ1) is 16.6. The highest BCUT2D eigenvalue weighted by molar-refractivity contribution is 6.31. The number of halogens is 1. The molecule has 0 aliphatic carbocycles. The van der Waals surface area contributed by atoms with Gasteiger partial charge in [0.15, 0.2) is 0 Å². The largest absolute Gasteiger partial charge is 0.371 e. The summed E-state index contributed by atoms with van der Waals surface area (Å²) in [5.41, 5.74) is 8.53. The topological polar surface area (TPSA) is 29.3 Å². The van der Waals surface area contributed by atoms with Crippen LogP contribution in [0.3, 0.4) is 0 Å². The SMILES string of the molecule is CCCC1CCCN(c2cccc(Cl)c2CC(C)N)CC1. The third kappa shape index (κ3) is 4.62. The quantitative estimate of drug-likeness (QED) is 0.859. The van der Waals surface area contributed by atoms with Gasteiger partial charge in [0, 0.05) is 29.8 Å². The molecule has 1 saturated heterocycles. The molecule has 0 spiro atoms. The van der Waals surface area contributed by atoms with E-state index in [4.69, 9.17) is 17.3 Å². The molecule has 0 aromatic heterocycles. The molecule has 1 heterocycles. The van der Waals surface area contributed by atoms with Gasteiger partial charge in [-0.2, -0.15) is 0 Å². The zero-order valence-electron chi connectivity index (χ0n) is 13.4. The van der Waals surface area contributed by atoms with Gasteiger partial charge in [-0.05, 0) is 56.2 Å². The van der Waals surface area contributed by atoms with Crippen LogP contribution in [0.15, 0.2) is 18.2 Å². The second-order valence-corrected chi connectivity index (χ2v) is 6.90. The summed E-state index contributed by atoms with van der Waals surface area (Å²) in [7, 11) is 0. The molecule has 1 aliphatic heterocycles. The maximum atomic E-state index is 6.43. The van der Waals surface area contributed by atoms with E-state index in [1.54, 1.807) is 0 Å². The molecule has 0 radical (unpaired) electrons. The van der Waals surface area contributed by atoms with Crippen molar-refractivity contribution < 1.29 is 0 Å². The molecule has 0 saturated carbocycles. The van der Waals surface area contributed by atoms with Crippen LogP contribution in [0, 0.1) is 5.92 Å². The number of benzene rings is 1. The number of hydrogen-bond acceptors (Lipinski definition) is 2. The van der Waals surface area contributed by atoms with Crippen molar-refractivity contribution in [2.24, 2.45) is 11.7 Å². The van der Waals surface area contributed by atoms with Crippen molar-refractivity contribution in [3.8, 4) is 0 Å². The molecular weight excluding hydrogens is 280 g/mol. The third-order valence-electron chi connectivity index (χ3n) is 4.51. The van der Waals surface area contributed by atoms with Crippen LogP contribution in [0.1, 0.15) is 51.5 Å². The lowest BCUT2D eigenvalue weighted by atomic mass is 9.96. The van der Waals surface area contributed by atoms with E-state index in [-0.39, 0.29) is 6.04 Å². The van der Waals surface area contributed by atoms with Crippen molar-refractivity contribution in [3.63, 3.8) is 0 Å². The fourth-order valence-corrected chi connectivity index (χ4v) is 3.72. The molecule has 0 amide bonds. The number of nitrogens with two attached hydrogens (primary N) is 1. The highest BCUT2D eigenvalue weighted by Crippen LogP contribution is 2.32. The minimum absolute atomic E-state index is 0.142. The van der Waals surface area contributed by atoms with Gasteiger partial charge < -0.3 is 10.6 Å². The van der Waals surface area contributed by atoms with Crippen molar-refractivity contribution in [2.45, 2.75) is 58.4 Å². The number of nitrogens with zero attached hydrogens (tertiary/aromatic N) is 1. The first-order valence-electron chi connectivity index (χ1n) is 8.39. The summed E-state index contributed by atoms with van der Waals surface area (Å²) in [6, 6.07) is 6.41. The molecule has 2 rings (SSSR count). The maximum Gasteiger partial charge on any atom is 0.0459 e. The molecule has 2 unspecified atom stereocenters. The smallest absolute Gasteiger partial charge is 0.0459 e. The van der Waals surface area contributed by atoms with Crippen molar-refractivity contribution in [1.82, 2.24) is 0 Å². The second-order valence-electron chi connectivity index (χ2n) is 6.49. The fraction of sp³-hybridized carbons (Fsp3) is 0.667. The summed E-state index contributed by atoms with van der Waals surface area (Å²) >= 11 is 6.43. The zero-order chi connectivity index (χ0) is 15.2. The molecule has 21 heavy (non-hydrogen) atoms. The summed E-state index contributed by atoms with van der Waals surface area (Å²) in [5.74, 6) is 0.899. The predicted octanol–water partition coefficient (Wildman–Crippen LogP) is 4.64. The Morgan fingerprint density at radius 3 is 2.86 bits per heavy atom. The minimum Gasteiger partial charge on any atom is -0.371 e. The predicted molar refractivity (Wildman–Crippen MR) is 93.3 cm³/mol. The van der Waals surface area contributed by atoms with Crippen LogP contribution in [-0.2, 0) is 6.42 Å². The van der Waals surface area contributed by atoms with Crippen LogP contribution < -0.4 is 10.6 Å². The highest BCUT2D eigenvalue weighted by atomic mass is 35.5. The van der Waals surface area contributed by atoms with Crippen LogP contribution in [0.25, 0.3) is 0 Å². The maximum absolute atomic E-state index is 6.43. The average Bonchev–Trinajstić information content (AvgIpc) is 2.67. The van der Waals surface area contributed by atoms with Crippen LogP contribution in [0.4, 0.5) is 5.69 Å². The minimum atomic E-state index is 0.142. The Hall–Kier alpha value is -0.730. The van der Waals surface area contributed by atoms with Crippen molar-refractivity contribution in [3.05, 3.63) is 28.8 Å². The molecule has 2 N–H and O–H groups in total. The van der Waals surface area contributed by atoms with Gasteiger partial charge in [-0.15, -0.1) is 0 Å². The van der Waals surface area contributed by atoms with Crippen LogP contribution in [-0.4, -0.2) is 19.1 Å². The lowest BCUT2D eigenvalue weighted by molar-refractivity contribution is 0.435. The Balaban J connectivity index is 2.15. The molecule has 2 nitrogen and oxygen atoms in total. The number of hydrogen-bond donors (Lipinski definition) is 1. The Morgan fingerprint density at radius 1 is 1.33 bits per heavy atom. The van der Waals surface area contributed by atoms with E-state index in [0.717, 1.165) is 30.5 Å². The Morgan fingerprint density at radius 2 is 2.14 bits per heavy atom. The molecular formula is C18H29ClN2. The summed E-state index contributed by atoms with van der Waals surface area (Å²) < 4.78 is 0. The highest BCUT2D eigenvalue weighted by Gasteiger charge is 2.20. The van der Waals surface area contributed by atoms with Crippen molar-refractivity contribution in [1.29, 1.82) is 0 Å². The lowest BCUT2D eigenvalue weighted by Crippen LogP contribution is -2.27. The van der Waals surface area contributed by atoms with E-state index in [1.165, 1.54) is 43.4 Å². The van der Waals surface area contributed by atoms with E-state index >= 15 is 0 Å². The Labute approximate surface area is 134 Å². The van der Waals surface area contributed by atoms with Gasteiger partial charge in [0.2, 0.25) is 0 Å². The van der Waals surface area contributed by atoms with Gasteiger partial charge in [0.05, 0.1) is 0 Å². The van der Waals surface area contributed by atoms with Crippen molar-refractivity contribution >= 4 is 17.3 Å². The van der Waals surface area contributed by atoms with Gasteiger partial charge in [0.1, 0.15) is 0 Å². The van der Waals surface area contributed by atoms with E-state index in [1.807, 2.05) is 13.0 Å². The van der Waals surface area contributed by atoms with Gasteiger partial charge in [-0.3, -0.25) is 0 Å². The van der Waals surface area contributed by atoms with E-state index in [2.05, 4.69) is 24.0 Å². The van der Waals surface area contributed by atoms with Crippen molar-refractivity contribution in [2.75, 3.05) is 18.0 Å². The summed E-state index contributed by atoms with van der Waals surface area (Å²) in [6.07, 6.45) is 7.48. The molecule has 1 aliphatic rings. The zero-order valence-corrected chi connectivity index (χ0v) is 14.2. The van der Waals surface area contributed by atoms with Gasteiger partial charge >= 0.3 is 0 Å². The standard InChI is InChI=1S/C18H29ClN2/c1-3-6-15-7-5-11-21(12-10-15)18-9-4-8-17(19)16(18)13-14(2)20/h4,8-9,14-15H,3,5-7,10-13,20H2,1-2H3. The monoisotopic (exact) mass is 308 g/mol. The number of rotatable bonds is 5. The first-order chi connectivity index (χ1) is 10.1. The summed E-state index contributed by atoms with van der Waals surface area (Å²) in [5, 5.41) is 0.860. The molecule has 1 aromatic rings. The normalized spacial score (nSPS) is 21.1. The van der Waals surface area contributed by atoms with E-state index in [9.17, 15) is 0 Å². The third-order valence-corrected chi connectivity index (χ3v) is 4.86. The lowest BCUT2D eigenvalue weighted by Gasteiger charge is -2.27. The molecule has 1 aromatic carbocycles. The number of anilines is 1. The van der Waals surface area contributed by atoms with Crippen LogP contribution >= 0.6 is 11.6 Å². The molecule has 3 heteroatoms. The Bertz CT molecular complexity index is 445. The fourth-order valence-electron chi connectivity index (χ4n) is 3.47. The molecule has 0 bridgehead atoms. The summed E-state index contributed by atoms with van der Waals surface area (Å²) in [6.45, 7) is 6.64. The first-order valence-corrected chi connectivity index (χ1v) is 8.77. The molecule has 1 fully saturated rings. The second kappa shape index (κ2) is 8.05. The van der Waals surface area contributed by atoms with Crippen LogP contribution in [0.2, 0.25) is 5.02 Å². The molecule has 2 atom stereocenters. The summed E-state index contributed by atoms with van der Waals surface area (Å²) in [4.78, 5) is 2.53.